The number of carbonyl (C=O) groups is 3. The third-order valence-electron chi connectivity index (χ3n) is 4.64. The molecular formula is C25H34ClN4O3+. The lowest BCUT2D eigenvalue weighted by Crippen LogP contribution is -2.43. The highest BCUT2D eigenvalue weighted by Crippen LogP contribution is 2.07. The van der Waals surface area contributed by atoms with E-state index >= 15 is 0 Å². The molecule has 0 radical (unpaired) electrons. The standard InChI is InChI=1S/C25H32N4O3.ClH/c1-29(2,3)19-25(32)28-27-22(18-23(30)21-12-8-5-9-13-21)14-15-24(31)26-17-16-20-10-6-4-7-11-20;/h4-13H,14-19H2,1-3H3,(H-,26,28,31,32);1H/p+1/b27-22-;. The summed E-state index contributed by atoms with van der Waals surface area (Å²) in [6, 6.07) is 18.9. The van der Waals surface area contributed by atoms with E-state index in [4.69, 9.17) is 0 Å². The van der Waals surface area contributed by atoms with E-state index in [0.717, 1.165) is 12.0 Å². The molecule has 2 N–H and O–H groups in total. The van der Waals surface area contributed by atoms with Crippen LogP contribution in [0.3, 0.4) is 0 Å². The van der Waals surface area contributed by atoms with Gasteiger partial charge in [-0.15, -0.1) is 12.4 Å². The molecule has 0 saturated carbocycles. The molecule has 0 saturated heterocycles. The van der Waals surface area contributed by atoms with Crippen molar-refractivity contribution >= 4 is 35.7 Å². The van der Waals surface area contributed by atoms with Gasteiger partial charge >= 0.3 is 0 Å². The molecule has 0 aliphatic carbocycles. The Morgan fingerprint density at radius 1 is 0.848 bits per heavy atom. The van der Waals surface area contributed by atoms with Gasteiger partial charge in [-0.25, -0.2) is 5.43 Å². The summed E-state index contributed by atoms with van der Waals surface area (Å²) < 4.78 is 0.462. The van der Waals surface area contributed by atoms with Crippen LogP contribution in [0.15, 0.2) is 65.8 Å². The number of benzene rings is 2. The molecule has 7 nitrogen and oxygen atoms in total. The third kappa shape index (κ3) is 12.0. The van der Waals surface area contributed by atoms with Gasteiger partial charge in [0.05, 0.1) is 27.6 Å². The van der Waals surface area contributed by atoms with Crippen molar-refractivity contribution in [2.45, 2.75) is 25.7 Å². The minimum Gasteiger partial charge on any atom is -0.356 e. The molecule has 0 unspecified atom stereocenters. The molecule has 2 rings (SSSR count). The first-order valence-electron chi connectivity index (χ1n) is 10.8. The van der Waals surface area contributed by atoms with Gasteiger partial charge in [-0.2, -0.15) is 5.10 Å². The number of nitrogens with one attached hydrogen (secondary N) is 2. The lowest BCUT2D eigenvalue weighted by Gasteiger charge is -2.22. The van der Waals surface area contributed by atoms with Crippen LogP contribution in [0.4, 0.5) is 0 Å². The van der Waals surface area contributed by atoms with Gasteiger partial charge in [-0.05, 0) is 18.4 Å². The van der Waals surface area contributed by atoms with E-state index < -0.39 is 0 Å². The molecule has 33 heavy (non-hydrogen) atoms. The molecule has 2 aromatic carbocycles. The van der Waals surface area contributed by atoms with Crippen molar-refractivity contribution < 1.29 is 18.9 Å². The summed E-state index contributed by atoms with van der Waals surface area (Å²) >= 11 is 0. The van der Waals surface area contributed by atoms with Crippen LogP contribution >= 0.6 is 12.4 Å². The Morgan fingerprint density at radius 3 is 2.06 bits per heavy atom. The predicted octanol–water partition coefficient (Wildman–Crippen LogP) is 3.00. The highest BCUT2D eigenvalue weighted by molar-refractivity contribution is 6.10. The predicted molar refractivity (Wildman–Crippen MR) is 134 cm³/mol. The maximum atomic E-state index is 12.6. The van der Waals surface area contributed by atoms with Gasteiger partial charge in [0.15, 0.2) is 12.3 Å². The number of hydrogen-bond donors (Lipinski definition) is 2. The Labute approximate surface area is 202 Å². The zero-order valence-electron chi connectivity index (χ0n) is 19.5. The van der Waals surface area contributed by atoms with E-state index in [1.165, 1.54) is 0 Å². The SMILES string of the molecule is C[N+](C)(C)CC(=O)N/N=C(/CCC(=O)NCCc1ccccc1)CC(=O)c1ccccc1.Cl. The molecule has 0 spiro atoms. The van der Waals surface area contributed by atoms with E-state index in [-0.39, 0.29) is 49.4 Å². The molecule has 0 aliphatic heterocycles. The zero-order chi connectivity index (χ0) is 23.4. The van der Waals surface area contributed by atoms with E-state index in [1.807, 2.05) is 57.5 Å². The number of ketones is 1. The summed E-state index contributed by atoms with van der Waals surface area (Å²) in [6.45, 7) is 0.794. The second kappa shape index (κ2) is 14.2. The Kier molecular flexibility index (Phi) is 12.0. The Morgan fingerprint density at radius 2 is 1.45 bits per heavy atom. The maximum Gasteiger partial charge on any atom is 0.295 e. The van der Waals surface area contributed by atoms with Crippen LogP contribution in [0.5, 0.6) is 0 Å². The van der Waals surface area contributed by atoms with Crippen molar-refractivity contribution in [1.29, 1.82) is 0 Å². The molecule has 0 heterocycles. The zero-order valence-corrected chi connectivity index (χ0v) is 20.4. The monoisotopic (exact) mass is 473 g/mol. The fourth-order valence-electron chi connectivity index (χ4n) is 3.04. The summed E-state index contributed by atoms with van der Waals surface area (Å²) in [7, 11) is 5.72. The lowest BCUT2D eigenvalue weighted by atomic mass is 10.0. The topological polar surface area (TPSA) is 87.6 Å². The van der Waals surface area contributed by atoms with Gasteiger partial charge in [0, 0.05) is 24.2 Å². The highest BCUT2D eigenvalue weighted by atomic mass is 35.5. The van der Waals surface area contributed by atoms with Gasteiger partial charge in [0.25, 0.3) is 5.91 Å². The molecule has 0 aliphatic rings. The quantitative estimate of drug-likeness (QED) is 0.215. The molecule has 0 bridgehead atoms. The van der Waals surface area contributed by atoms with Crippen LogP contribution in [0.2, 0.25) is 0 Å². The van der Waals surface area contributed by atoms with Crippen molar-refractivity contribution in [3.63, 3.8) is 0 Å². The average molecular weight is 474 g/mol. The number of halogens is 1. The van der Waals surface area contributed by atoms with E-state index in [9.17, 15) is 14.4 Å². The van der Waals surface area contributed by atoms with Crippen molar-refractivity contribution in [2.24, 2.45) is 5.10 Å². The Hall–Kier alpha value is -3.03. The van der Waals surface area contributed by atoms with Crippen molar-refractivity contribution in [1.82, 2.24) is 10.7 Å². The first-order valence-corrected chi connectivity index (χ1v) is 10.8. The number of rotatable bonds is 12. The Balaban J connectivity index is 0.00000544. The first-order chi connectivity index (χ1) is 15.2. The average Bonchev–Trinajstić information content (AvgIpc) is 2.75. The van der Waals surface area contributed by atoms with E-state index in [0.29, 0.717) is 28.7 Å². The van der Waals surface area contributed by atoms with E-state index in [1.54, 1.807) is 24.3 Å². The van der Waals surface area contributed by atoms with Gasteiger partial charge in [0.2, 0.25) is 5.91 Å². The maximum absolute atomic E-state index is 12.6. The highest BCUT2D eigenvalue weighted by Gasteiger charge is 2.16. The van der Waals surface area contributed by atoms with Crippen LogP contribution < -0.4 is 10.7 Å². The fourth-order valence-corrected chi connectivity index (χ4v) is 3.04. The van der Waals surface area contributed by atoms with Crippen LogP contribution in [0, 0.1) is 0 Å². The molecule has 0 fully saturated rings. The number of Topliss-reactive ketones (excluding diaryl/α,β-unsaturated/α-hetero) is 1. The number of amides is 2. The van der Waals surface area contributed by atoms with Gasteiger partial charge in [-0.3, -0.25) is 14.4 Å². The molecule has 0 atom stereocenters. The molecule has 8 heteroatoms. The number of quaternary nitrogens is 1. The minimum absolute atomic E-state index is 0. The molecular weight excluding hydrogens is 440 g/mol. The van der Waals surface area contributed by atoms with Crippen molar-refractivity contribution in [3.05, 3.63) is 71.8 Å². The van der Waals surface area contributed by atoms with Crippen LogP contribution in [0.1, 0.15) is 35.2 Å². The van der Waals surface area contributed by atoms with Crippen LogP contribution in [-0.4, -0.2) is 62.0 Å². The fraction of sp³-hybridized carbons (Fsp3) is 0.360. The number of nitrogens with zero attached hydrogens (tertiary/aromatic N) is 2. The smallest absolute Gasteiger partial charge is 0.295 e. The normalized spacial score (nSPS) is 11.3. The summed E-state index contributed by atoms with van der Waals surface area (Å²) in [5.74, 6) is -0.456. The molecule has 2 amide bonds. The second-order valence-corrected chi connectivity index (χ2v) is 8.71. The Bertz CT molecular complexity index is 926. The molecule has 178 valence electrons. The largest absolute Gasteiger partial charge is 0.356 e. The number of hydrazone groups is 1. The number of carbonyl (C=O) groups excluding carboxylic acids is 3. The van der Waals surface area contributed by atoms with E-state index in [2.05, 4.69) is 15.8 Å². The van der Waals surface area contributed by atoms with Crippen molar-refractivity contribution in [2.75, 3.05) is 34.2 Å². The van der Waals surface area contributed by atoms with Crippen molar-refractivity contribution in [3.8, 4) is 0 Å². The minimum atomic E-state index is -0.241. The summed E-state index contributed by atoms with van der Waals surface area (Å²) in [5, 5.41) is 7.08. The van der Waals surface area contributed by atoms with Gasteiger partial charge in [0.1, 0.15) is 0 Å². The number of hydrogen-bond acceptors (Lipinski definition) is 4. The number of likely N-dealkylation sites (N-methyl/N-ethyl adjacent to an activating group) is 1. The second-order valence-electron chi connectivity index (χ2n) is 8.71. The third-order valence-corrected chi connectivity index (χ3v) is 4.64. The first kappa shape index (κ1) is 28.0. The summed E-state index contributed by atoms with van der Waals surface area (Å²) in [6.07, 6.45) is 1.29. The van der Waals surface area contributed by atoms with Gasteiger partial charge in [-0.1, -0.05) is 60.7 Å². The molecule has 2 aromatic rings. The summed E-state index contributed by atoms with van der Waals surface area (Å²) in [4.78, 5) is 37.0. The lowest BCUT2D eigenvalue weighted by molar-refractivity contribution is -0.862. The molecule has 0 aromatic heterocycles. The van der Waals surface area contributed by atoms with Crippen LogP contribution in [-0.2, 0) is 16.0 Å². The van der Waals surface area contributed by atoms with Crippen LogP contribution in [0.25, 0.3) is 0 Å². The van der Waals surface area contributed by atoms with Gasteiger partial charge < -0.3 is 9.80 Å². The summed E-state index contributed by atoms with van der Waals surface area (Å²) in [5.41, 5.74) is 4.74.